The first-order chi connectivity index (χ1) is 9.01. The highest BCUT2D eigenvalue weighted by atomic mass is 79.9. The minimum absolute atomic E-state index is 0.157. The second-order valence-electron chi connectivity index (χ2n) is 4.24. The van der Waals surface area contributed by atoms with Gasteiger partial charge in [-0.3, -0.25) is 4.79 Å². The number of rotatable bonds is 3. The Bertz CT molecular complexity index is 622. The minimum Gasteiger partial charge on any atom is -0.342 e. The molecule has 2 rings (SSSR count). The highest BCUT2D eigenvalue weighted by Gasteiger charge is 2.13. The van der Waals surface area contributed by atoms with Crippen LogP contribution in [-0.2, 0) is 6.54 Å². The maximum absolute atomic E-state index is 12.3. The van der Waals surface area contributed by atoms with Gasteiger partial charge in [0.15, 0.2) is 0 Å². The lowest BCUT2D eigenvalue weighted by Gasteiger charge is -2.10. The van der Waals surface area contributed by atoms with Crippen LogP contribution in [-0.4, -0.2) is 10.5 Å². The number of carbonyl (C=O) groups excluding carboxylic acids is 1. The maximum Gasteiger partial charge on any atom is 0.272 e. The van der Waals surface area contributed by atoms with E-state index in [0.717, 1.165) is 15.7 Å². The zero-order valence-corrected chi connectivity index (χ0v) is 13.0. The zero-order valence-electron chi connectivity index (χ0n) is 10.7. The van der Waals surface area contributed by atoms with E-state index in [1.165, 1.54) is 0 Å². The van der Waals surface area contributed by atoms with Crippen LogP contribution in [0.2, 0.25) is 5.02 Å². The molecule has 0 aliphatic rings. The number of benzene rings is 1. The third-order valence-corrected chi connectivity index (χ3v) is 3.58. The van der Waals surface area contributed by atoms with Crippen LogP contribution < -0.4 is 5.32 Å². The molecule has 0 aliphatic heterocycles. The number of amides is 1. The summed E-state index contributed by atoms with van der Waals surface area (Å²) in [6, 6.07) is 7.45. The number of hydrogen-bond acceptors (Lipinski definition) is 1. The van der Waals surface area contributed by atoms with Gasteiger partial charge in [0, 0.05) is 22.9 Å². The van der Waals surface area contributed by atoms with E-state index < -0.39 is 0 Å². The fourth-order valence-corrected chi connectivity index (χ4v) is 2.42. The summed E-state index contributed by atoms with van der Waals surface area (Å²) in [5.74, 6) is -0.157. The van der Waals surface area contributed by atoms with E-state index in [1.54, 1.807) is 12.3 Å². The van der Waals surface area contributed by atoms with Gasteiger partial charge in [-0.1, -0.05) is 33.6 Å². The lowest BCUT2D eigenvalue weighted by molar-refractivity contribution is 0.101. The van der Waals surface area contributed by atoms with Crippen molar-refractivity contribution in [2.75, 3.05) is 5.32 Å². The summed E-state index contributed by atoms with van der Waals surface area (Å²) in [4.78, 5) is 12.3. The molecule has 0 aliphatic carbocycles. The Morgan fingerprint density at radius 3 is 2.84 bits per heavy atom. The Kier molecular flexibility index (Phi) is 4.32. The van der Waals surface area contributed by atoms with Crippen molar-refractivity contribution in [3.8, 4) is 0 Å². The Balaban J connectivity index is 2.27. The van der Waals surface area contributed by atoms with Crippen molar-refractivity contribution in [2.45, 2.75) is 20.4 Å². The Labute approximate surface area is 125 Å². The third-order valence-electron chi connectivity index (χ3n) is 2.88. The van der Waals surface area contributed by atoms with Gasteiger partial charge in [-0.25, -0.2) is 0 Å². The number of anilines is 1. The summed E-state index contributed by atoms with van der Waals surface area (Å²) >= 11 is 9.34. The van der Waals surface area contributed by atoms with Gasteiger partial charge in [0.25, 0.3) is 5.91 Å². The SMILES string of the molecule is CCn1cc(Cl)cc1C(=O)Nc1cc(Br)ccc1C. The van der Waals surface area contributed by atoms with Crippen molar-refractivity contribution in [3.63, 3.8) is 0 Å². The van der Waals surface area contributed by atoms with Crippen LogP contribution in [0.5, 0.6) is 0 Å². The summed E-state index contributed by atoms with van der Waals surface area (Å²) < 4.78 is 2.75. The number of aryl methyl sites for hydroxylation is 2. The molecule has 100 valence electrons. The van der Waals surface area contributed by atoms with Gasteiger partial charge in [0.05, 0.1) is 5.02 Å². The van der Waals surface area contributed by atoms with Gasteiger partial charge < -0.3 is 9.88 Å². The molecule has 1 heterocycles. The number of nitrogens with one attached hydrogen (secondary N) is 1. The molecule has 1 aromatic carbocycles. The smallest absolute Gasteiger partial charge is 0.272 e. The summed E-state index contributed by atoms with van der Waals surface area (Å²) in [5.41, 5.74) is 2.36. The summed E-state index contributed by atoms with van der Waals surface area (Å²) in [7, 11) is 0. The van der Waals surface area contributed by atoms with Crippen LogP contribution in [0.3, 0.4) is 0 Å². The predicted octanol–water partition coefficient (Wildman–Crippen LogP) is 4.48. The average Bonchev–Trinajstić information content (AvgIpc) is 2.75. The molecule has 1 N–H and O–H groups in total. The molecule has 1 aromatic heterocycles. The van der Waals surface area contributed by atoms with E-state index in [9.17, 15) is 4.79 Å². The molecule has 0 spiro atoms. The Morgan fingerprint density at radius 1 is 1.42 bits per heavy atom. The highest BCUT2D eigenvalue weighted by Crippen LogP contribution is 2.22. The molecule has 0 saturated carbocycles. The normalized spacial score (nSPS) is 10.5. The van der Waals surface area contributed by atoms with Crippen LogP contribution in [0, 0.1) is 6.92 Å². The number of nitrogens with zero attached hydrogens (tertiary/aromatic N) is 1. The first-order valence-corrected chi connectivity index (χ1v) is 7.11. The van der Waals surface area contributed by atoms with Gasteiger partial charge in [-0.05, 0) is 37.6 Å². The molecule has 19 heavy (non-hydrogen) atoms. The highest BCUT2D eigenvalue weighted by molar-refractivity contribution is 9.10. The molecule has 0 bridgehead atoms. The van der Waals surface area contributed by atoms with Gasteiger partial charge in [0.1, 0.15) is 5.69 Å². The number of hydrogen-bond donors (Lipinski definition) is 1. The third kappa shape index (κ3) is 3.19. The van der Waals surface area contributed by atoms with Crippen LogP contribution in [0.4, 0.5) is 5.69 Å². The van der Waals surface area contributed by atoms with Crippen molar-refractivity contribution in [1.82, 2.24) is 4.57 Å². The Morgan fingerprint density at radius 2 is 2.16 bits per heavy atom. The lowest BCUT2D eigenvalue weighted by Crippen LogP contribution is -2.16. The minimum atomic E-state index is -0.157. The molecule has 3 nitrogen and oxygen atoms in total. The molecule has 0 saturated heterocycles. The molecule has 0 radical (unpaired) electrons. The van der Waals surface area contributed by atoms with Gasteiger partial charge in [0.2, 0.25) is 0 Å². The average molecular weight is 342 g/mol. The number of halogens is 2. The fraction of sp³-hybridized carbons (Fsp3) is 0.214. The zero-order chi connectivity index (χ0) is 14.0. The fourth-order valence-electron chi connectivity index (χ4n) is 1.84. The monoisotopic (exact) mass is 340 g/mol. The number of carbonyl (C=O) groups is 1. The molecular formula is C14H14BrClN2O. The second-order valence-corrected chi connectivity index (χ2v) is 5.60. The first-order valence-electron chi connectivity index (χ1n) is 5.94. The topological polar surface area (TPSA) is 34.0 Å². The summed E-state index contributed by atoms with van der Waals surface area (Å²) in [6.07, 6.45) is 1.75. The van der Waals surface area contributed by atoms with Gasteiger partial charge >= 0.3 is 0 Å². The van der Waals surface area contributed by atoms with Crippen molar-refractivity contribution in [1.29, 1.82) is 0 Å². The molecular weight excluding hydrogens is 328 g/mol. The van der Waals surface area contributed by atoms with Gasteiger partial charge in [-0.15, -0.1) is 0 Å². The quantitative estimate of drug-likeness (QED) is 0.877. The molecule has 0 unspecified atom stereocenters. The van der Waals surface area contributed by atoms with E-state index in [4.69, 9.17) is 11.6 Å². The van der Waals surface area contributed by atoms with Crippen LogP contribution in [0.25, 0.3) is 0 Å². The largest absolute Gasteiger partial charge is 0.342 e. The second kappa shape index (κ2) is 5.80. The summed E-state index contributed by atoms with van der Waals surface area (Å²) in [6.45, 7) is 4.62. The van der Waals surface area contributed by atoms with E-state index >= 15 is 0 Å². The molecule has 2 aromatic rings. The van der Waals surface area contributed by atoms with Crippen LogP contribution >= 0.6 is 27.5 Å². The molecule has 1 amide bonds. The van der Waals surface area contributed by atoms with E-state index in [-0.39, 0.29) is 5.91 Å². The first kappa shape index (κ1) is 14.2. The van der Waals surface area contributed by atoms with E-state index in [2.05, 4.69) is 21.2 Å². The molecule has 0 fully saturated rings. The standard InChI is InChI=1S/C14H14BrClN2O/c1-3-18-8-11(16)7-13(18)14(19)17-12-6-10(15)5-4-9(12)2/h4-8H,3H2,1-2H3,(H,17,19). The van der Waals surface area contributed by atoms with Crippen LogP contribution in [0.1, 0.15) is 23.0 Å². The van der Waals surface area contributed by atoms with Crippen molar-refractivity contribution in [2.24, 2.45) is 0 Å². The van der Waals surface area contributed by atoms with Crippen molar-refractivity contribution < 1.29 is 4.79 Å². The van der Waals surface area contributed by atoms with Gasteiger partial charge in [-0.2, -0.15) is 0 Å². The lowest BCUT2D eigenvalue weighted by atomic mass is 10.2. The summed E-state index contributed by atoms with van der Waals surface area (Å²) in [5, 5.41) is 3.47. The van der Waals surface area contributed by atoms with Crippen molar-refractivity contribution in [3.05, 3.63) is 51.2 Å². The maximum atomic E-state index is 12.3. The molecule has 0 atom stereocenters. The predicted molar refractivity (Wildman–Crippen MR) is 81.9 cm³/mol. The molecule has 5 heteroatoms. The number of aromatic nitrogens is 1. The van der Waals surface area contributed by atoms with Crippen LogP contribution in [0.15, 0.2) is 34.9 Å². The van der Waals surface area contributed by atoms with E-state index in [1.807, 2.05) is 36.6 Å². The Hall–Kier alpha value is -1.26. The van der Waals surface area contributed by atoms with Crippen molar-refractivity contribution >= 4 is 39.1 Å². The van der Waals surface area contributed by atoms with E-state index in [0.29, 0.717) is 17.3 Å².